The van der Waals surface area contributed by atoms with Crippen LogP contribution in [0.25, 0.3) is 0 Å². The first-order valence-corrected chi connectivity index (χ1v) is 18.8. The third-order valence-corrected chi connectivity index (χ3v) is 13.1. The van der Waals surface area contributed by atoms with Gasteiger partial charge in [-0.2, -0.15) is 0 Å². The van der Waals surface area contributed by atoms with Gasteiger partial charge in [-0.25, -0.2) is 0 Å². The van der Waals surface area contributed by atoms with Gasteiger partial charge in [-0.1, -0.05) is 54.6 Å². The third-order valence-electron chi connectivity index (χ3n) is 8.56. The zero-order valence-corrected chi connectivity index (χ0v) is 29.3. The van der Waals surface area contributed by atoms with E-state index in [2.05, 4.69) is 91.0 Å². The van der Waals surface area contributed by atoms with Crippen molar-refractivity contribution in [2.75, 3.05) is 61.1 Å². The minimum Gasteiger partial charge on any atom is -0.359 e. The molecular weight excluding hydrogens is 615 g/mol. The summed E-state index contributed by atoms with van der Waals surface area (Å²) in [4.78, 5) is 0. The molecule has 1 aliphatic heterocycles. The highest BCUT2D eigenvalue weighted by atomic mass is 31.2. The summed E-state index contributed by atoms with van der Waals surface area (Å²) < 4.78 is 46.5. The highest BCUT2D eigenvalue weighted by molar-refractivity contribution is 7.95. The first-order valence-electron chi connectivity index (χ1n) is 16.8. The lowest BCUT2D eigenvalue weighted by Gasteiger charge is -2.31. The lowest BCUT2D eigenvalue weighted by molar-refractivity contribution is -0.204. The molecule has 0 spiro atoms. The van der Waals surface area contributed by atoms with Crippen LogP contribution in [0, 0.1) is 0 Å². The van der Waals surface area contributed by atoms with Gasteiger partial charge in [-0.15, -0.1) is 0 Å². The Morgan fingerprint density at radius 1 is 0.660 bits per heavy atom. The molecule has 0 aliphatic carbocycles. The van der Waals surface area contributed by atoms with Crippen LogP contribution in [0.1, 0.15) is 44.9 Å². The average molecular weight is 670 g/mol. The van der Waals surface area contributed by atoms with Crippen LogP contribution >= 0.6 is 7.26 Å². The molecule has 258 valence electrons. The Kier molecular flexibility index (Phi) is 17.3. The first kappa shape index (κ1) is 37.6. The van der Waals surface area contributed by atoms with Gasteiger partial charge in [-0.3, -0.25) is 0 Å². The smallest absolute Gasteiger partial charge is 0.157 e. The van der Waals surface area contributed by atoms with Crippen molar-refractivity contribution in [1.29, 1.82) is 0 Å². The second kappa shape index (κ2) is 21.7. The van der Waals surface area contributed by atoms with Crippen molar-refractivity contribution in [1.82, 2.24) is 0 Å². The van der Waals surface area contributed by atoms with Crippen molar-refractivity contribution < 1.29 is 37.9 Å². The largest absolute Gasteiger partial charge is 0.359 e. The van der Waals surface area contributed by atoms with Crippen LogP contribution in [0.2, 0.25) is 0 Å². The monoisotopic (exact) mass is 669 g/mol. The second-order valence-corrected chi connectivity index (χ2v) is 15.4. The summed E-state index contributed by atoms with van der Waals surface area (Å²) >= 11 is 0. The van der Waals surface area contributed by atoms with E-state index in [9.17, 15) is 0 Å². The van der Waals surface area contributed by atoms with Crippen LogP contribution in [0.4, 0.5) is 0 Å². The molecule has 0 aromatic heterocycles. The van der Waals surface area contributed by atoms with Gasteiger partial charge in [0.2, 0.25) is 0 Å². The average Bonchev–Trinajstić information content (AvgIpc) is 3.14. The molecule has 9 heteroatoms. The molecular formula is C38H54O8P+. The Morgan fingerprint density at radius 3 is 1.70 bits per heavy atom. The Bertz CT molecular complexity index is 1100. The Morgan fingerprint density at radius 2 is 1.19 bits per heavy atom. The number of hydrogen-bond acceptors (Lipinski definition) is 8. The third kappa shape index (κ3) is 11.7. The molecule has 1 aliphatic rings. The summed E-state index contributed by atoms with van der Waals surface area (Å²) in [7, 11) is 2.98. The molecule has 1 unspecified atom stereocenters. The van der Waals surface area contributed by atoms with Gasteiger partial charge in [0.1, 0.15) is 43.6 Å². The van der Waals surface area contributed by atoms with Crippen LogP contribution in [-0.2, 0) is 37.9 Å². The van der Waals surface area contributed by atoms with E-state index >= 15 is 0 Å². The predicted molar refractivity (Wildman–Crippen MR) is 188 cm³/mol. The van der Waals surface area contributed by atoms with Gasteiger partial charge >= 0.3 is 0 Å². The maximum atomic E-state index is 6.29. The van der Waals surface area contributed by atoms with Gasteiger partial charge in [0.05, 0.1) is 31.1 Å². The number of hydrogen-bond donors (Lipinski definition) is 0. The van der Waals surface area contributed by atoms with Crippen molar-refractivity contribution in [3.63, 3.8) is 0 Å². The maximum Gasteiger partial charge on any atom is 0.157 e. The highest BCUT2D eigenvalue weighted by Gasteiger charge is 2.44. The van der Waals surface area contributed by atoms with Crippen molar-refractivity contribution in [3.8, 4) is 0 Å². The zero-order chi connectivity index (χ0) is 33.0. The van der Waals surface area contributed by atoms with E-state index in [0.29, 0.717) is 13.0 Å². The molecule has 3 aromatic carbocycles. The fraction of sp³-hybridized carbons (Fsp3) is 0.526. The van der Waals surface area contributed by atoms with E-state index in [4.69, 9.17) is 37.9 Å². The molecule has 0 bridgehead atoms. The number of ether oxygens (including phenoxy) is 8. The van der Waals surface area contributed by atoms with E-state index < -0.39 is 7.26 Å². The van der Waals surface area contributed by atoms with Crippen LogP contribution in [0.15, 0.2) is 91.0 Å². The number of rotatable bonds is 23. The minimum atomic E-state index is -1.91. The van der Waals surface area contributed by atoms with Crippen molar-refractivity contribution >= 4 is 23.2 Å². The zero-order valence-electron chi connectivity index (χ0n) is 28.4. The van der Waals surface area contributed by atoms with Crippen molar-refractivity contribution in [2.45, 2.75) is 69.5 Å². The van der Waals surface area contributed by atoms with Gasteiger partial charge in [0.25, 0.3) is 0 Å². The first-order chi connectivity index (χ1) is 23.2. The molecule has 47 heavy (non-hydrogen) atoms. The highest BCUT2D eigenvalue weighted by Crippen LogP contribution is 2.56. The fourth-order valence-electron chi connectivity index (χ4n) is 6.26. The Hall–Kier alpha value is -2.23. The van der Waals surface area contributed by atoms with Crippen LogP contribution < -0.4 is 15.9 Å². The molecule has 0 radical (unpaired) electrons. The van der Waals surface area contributed by atoms with E-state index in [1.165, 1.54) is 15.9 Å². The normalized spacial score (nSPS) is 17.3. The maximum absolute atomic E-state index is 6.29. The molecule has 4 atom stereocenters. The molecule has 4 rings (SSSR count). The summed E-state index contributed by atoms with van der Waals surface area (Å²) in [5.41, 5.74) is 0. The fourth-order valence-corrected chi connectivity index (χ4v) is 10.7. The summed E-state index contributed by atoms with van der Waals surface area (Å²) in [5.74, 6) is 0. The lowest BCUT2D eigenvalue weighted by Crippen LogP contribution is -2.39. The topological polar surface area (TPSA) is 73.8 Å². The molecule has 1 heterocycles. The number of unbranched alkanes of at least 4 members (excludes halogenated alkanes) is 1. The van der Waals surface area contributed by atoms with Crippen molar-refractivity contribution in [2.24, 2.45) is 0 Å². The Labute approximate surface area is 282 Å². The van der Waals surface area contributed by atoms with Crippen LogP contribution in [0.5, 0.6) is 0 Å². The predicted octanol–water partition coefficient (Wildman–Crippen LogP) is 6.05. The molecule has 0 saturated carbocycles. The quantitative estimate of drug-likeness (QED) is 0.0687. The second-order valence-electron chi connectivity index (χ2n) is 11.8. The van der Waals surface area contributed by atoms with Gasteiger partial charge in [0, 0.05) is 34.4 Å². The summed E-state index contributed by atoms with van der Waals surface area (Å²) in [5, 5.41) is 4.18. The SMILES string of the molecule is COCO[C@H](COC1CCCCO1)C[C@@H](OCOC)[C@H](CCCC[P+](c1ccccc1)(c1ccccc1)c1ccccc1)OCOC. The molecule has 0 amide bonds. The molecule has 1 saturated heterocycles. The lowest BCUT2D eigenvalue weighted by atomic mass is 10.0. The number of methoxy groups -OCH3 is 3. The standard InChI is InChI=1S/C38H54O8P/c1-39-29-44-32(28-43-38-24-13-15-25-42-38)27-37(46-31-41-3)36(45-30-40-2)23-14-16-26-47(33-17-7-4-8-18-33,34-19-9-5-10-20-34)35-21-11-6-12-22-35/h4-12,17-22,32,36-38H,13-16,23-31H2,1-3H3/q+1/t32-,36-,37+,38?/m0/s1. The van der Waals surface area contributed by atoms with E-state index in [-0.39, 0.29) is 45.0 Å². The molecule has 1 fully saturated rings. The summed E-state index contributed by atoms with van der Waals surface area (Å²) in [6, 6.07) is 33.1. The minimum absolute atomic E-state index is 0.145. The number of benzene rings is 3. The summed E-state index contributed by atoms with van der Waals surface area (Å²) in [6.45, 7) is 1.57. The molecule has 3 aromatic rings. The van der Waals surface area contributed by atoms with E-state index in [1.807, 2.05) is 0 Å². The van der Waals surface area contributed by atoms with Gasteiger partial charge in [0.15, 0.2) is 6.29 Å². The van der Waals surface area contributed by atoms with Crippen LogP contribution in [-0.4, -0.2) is 85.7 Å². The van der Waals surface area contributed by atoms with E-state index in [0.717, 1.165) is 51.3 Å². The molecule has 8 nitrogen and oxygen atoms in total. The summed E-state index contributed by atoms with van der Waals surface area (Å²) in [6.07, 6.45) is 6.38. The molecule has 0 N–H and O–H groups in total. The Balaban J connectivity index is 1.51. The van der Waals surface area contributed by atoms with Gasteiger partial charge in [-0.05, 0) is 74.9 Å². The van der Waals surface area contributed by atoms with Crippen LogP contribution in [0.3, 0.4) is 0 Å². The van der Waals surface area contributed by atoms with Crippen molar-refractivity contribution in [3.05, 3.63) is 91.0 Å². The van der Waals surface area contributed by atoms with E-state index in [1.54, 1.807) is 21.3 Å². The van der Waals surface area contributed by atoms with Gasteiger partial charge < -0.3 is 37.9 Å².